The number of rotatable bonds is 6. The van der Waals surface area contributed by atoms with Crippen molar-refractivity contribution in [3.8, 4) is 67.5 Å². The van der Waals surface area contributed by atoms with Gasteiger partial charge in [0.2, 0.25) is 0 Å². The van der Waals surface area contributed by atoms with Crippen molar-refractivity contribution in [1.82, 2.24) is 15.0 Å². The molecule has 0 spiro atoms. The minimum atomic E-state index is 0.592. The number of furan rings is 1. The van der Waals surface area contributed by atoms with Gasteiger partial charge in [0, 0.05) is 47.6 Å². The zero-order chi connectivity index (χ0) is 37.0. The maximum Gasteiger partial charge on any atom is 0.164 e. The molecule has 8 aromatic carbocycles. The predicted octanol–water partition coefficient (Wildman–Crippen LogP) is 14.1. The maximum atomic E-state index is 6.49. The van der Waals surface area contributed by atoms with E-state index in [1.54, 1.807) is 0 Å². The normalized spacial score (nSPS) is 11.6. The fourth-order valence-corrected chi connectivity index (χ4v) is 8.90. The van der Waals surface area contributed by atoms with Crippen molar-refractivity contribution in [1.29, 1.82) is 0 Å². The first kappa shape index (κ1) is 32.2. The molecule has 0 fully saturated rings. The second kappa shape index (κ2) is 13.3. The molecule has 0 aliphatic heterocycles. The lowest BCUT2D eigenvalue weighted by Crippen LogP contribution is -2.00. The van der Waals surface area contributed by atoms with Gasteiger partial charge in [0.05, 0.1) is 0 Å². The van der Waals surface area contributed by atoms with Gasteiger partial charge in [-0.3, -0.25) is 0 Å². The first-order valence-corrected chi connectivity index (χ1v) is 19.5. The molecule has 3 heterocycles. The topological polar surface area (TPSA) is 51.8 Å². The Morgan fingerprint density at radius 3 is 1.68 bits per heavy atom. The van der Waals surface area contributed by atoms with Gasteiger partial charge in [-0.25, -0.2) is 15.0 Å². The van der Waals surface area contributed by atoms with Crippen molar-refractivity contribution in [3.05, 3.63) is 188 Å². The number of nitrogens with zero attached hydrogens (tertiary/aromatic N) is 3. The molecule has 0 N–H and O–H groups in total. The Bertz CT molecular complexity index is 3240. The van der Waals surface area contributed by atoms with E-state index in [4.69, 9.17) is 19.4 Å². The molecule has 0 aliphatic carbocycles. The highest BCUT2D eigenvalue weighted by Crippen LogP contribution is 2.41. The molecule has 11 rings (SSSR count). The fourth-order valence-electron chi connectivity index (χ4n) is 7.77. The van der Waals surface area contributed by atoms with E-state index in [-0.39, 0.29) is 0 Å². The summed E-state index contributed by atoms with van der Waals surface area (Å²) in [7, 11) is 0. The van der Waals surface area contributed by atoms with Crippen molar-refractivity contribution < 1.29 is 4.42 Å². The number of benzene rings is 8. The summed E-state index contributed by atoms with van der Waals surface area (Å²) in [6.45, 7) is 0. The molecule has 56 heavy (non-hydrogen) atoms. The predicted molar refractivity (Wildman–Crippen MR) is 233 cm³/mol. The van der Waals surface area contributed by atoms with Gasteiger partial charge in [0.25, 0.3) is 0 Å². The Labute approximate surface area is 327 Å². The fraction of sp³-hybridized carbons (Fsp3) is 0. The van der Waals surface area contributed by atoms with E-state index in [0.717, 1.165) is 55.3 Å². The Balaban J connectivity index is 0.973. The van der Waals surface area contributed by atoms with E-state index in [9.17, 15) is 0 Å². The molecule has 0 radical (unpaired) electrons. The number of hydrogen-bond donors (Lipinski definition) is 0. The summed E-state index contributed by atoms with van der Waals surface area (Å²) in [6.07, 6.45) is 0. The van der Waals surface area contributed by atoms with Crippen LogP contribution in [0.15, 0.2) is 192 Å². The largest absolute Gasteiger partial charge is 0.456 e. The molecular weight excluding hydrogens is 703 g/mol. The Morgan fingerprint density at radius 2 is 0.875 bits per heavy atom. The third kappa shape index (κ3) is 5.65. The van der Waals surface area contributed by atoms with Crippen LogP contribution < -0.4 is 0 Å². The van der Waals surface area contributed by atoms with Crippen molar-refractivity contribution in [3.63, 3.8) is 0 Å². The average molecular weight is 734 g/mol. The van der Waals surface area contributed by atoms with Crippen LogP contribution in [0.25, 0.3) is 110 Å². The third-order valence-corrected chi connectivity index (χ3v) is 11.7. The van der Waals surface area contributed by atoms with E-state index < -0.39 is 0 Å². The Kier molecular flexibility index (Phi) is 7.64. The second-order valence-electron chi connectivity index (χ2n) is 14.0. The van der Waals surface area contributed by atoms with E-state index in [0.29, 0.717) is 17.5 Å². The summed E-state index contributed by atoms with van der Waals surface area (Å²) in [5, 5.41) is 4.74. The minimum absolute atomic E-state index is 0.592. The van der Waals surface area contributed by atoms with Crippen molar-refractivity contribution in [2.24, 2.45) is 0 Å². The Morgan fingerprint density at radius 1 is 0.321 bits per heavy atom. The van der Waals surface area contributed by atoms with Gasteiger partial charge >= 0.3 is 0 Å². The van der Waals surface area contributed by atoms with E-state index >= 15 is 0 Å². The van der Waals surface area contributed by atoms with Crippen LogP contribution >= 0.6 is 11.3 Å². The SMILES string of the molecule is c1ccc(-c2ccc(-c3nc(-c4ccccc4)nc(-c4ccc5c(c4)oc4ccc(-c6cccc(-c7cccc8sc9ccccc9c78)c6)cc45)n3)cc2)cc1. The molecule has 5 heteroatoms. The Hall–Kier alpha value is -7.21. The highest BCUT2D eigenvalue weighted by Gasteiger charge is 2.16. The van der Waals surface area contributed by atoms with Crippen molar-refractivity contribution in [2.45, 2.75) is 0 Å². The molecule has 11 aromatic rings. The molecule has 0 amide bonds. The van der Waals surface area contributed by atoms with Crippen LogP contribution in [0.1, 0.15) is 0 Å². The summed E-state index contributed by atoms with van der Waals surface area (Å²) in [5.41, 5.74) is 11.4. The van der Waals surface area contributed by atoms with Gasteiger partial charge in [0.1, 0.15) is 11.2 Å². The molecule has 262 valence electrons. The van der Waals surface area contributed by atoms with Crippen LogP contribution in [0.2, 0.25) is 0 Å². The van der Waals surface area contributed by atoms with Gasteiger partial charge < -0.3 is 4.42 Å². The number of aromatic nitrogens is 3. The highest BCUT2D eigenvalue weighted by atomic mass is 32.1. The van der Waals surface area contributed by atoms with Crippen molar-refractivity contribution in [2.75, 3.05) is 0 Å². The van der Waals surface area contributed by atoms with Gasteiger partial charge in [-0.15, -0.1) is 11.3 Å². The van der Waals surface area contributed by atoms with Crippen LogP contribution in [0.5, 0.6) is 0 Å². The molecule has 0 bridgehead atoms. The van der Waals surface area contributed by atoms with Gasteiger partial charge in [-0.05, 0) is 75.8 Å². The summed E-state index contributed by atoms with van der Waals surface area (Å²) in [4.78, 5) is 14.9. The molecule has 3 aromatic heterocycles. The second-order valence-corrected chi connectivity index (χ2v) is 15.1. The monoisotopic (exact) mass is 733 g/mol. The lowest BCUT2D eigenvalue weighted by Gasteiger charge is -2.09. The van der Waals surface area contributed by atoms with Crippen LogP contribution in [0, 0.1) is 0 Å². The summed E-state index contributed by atoms with van der Waals surface area (Å²) in [5.74, 6) is 1.83. The number of hydrogen-bond acceptors (Lipinski definition) is 5. The lowest BCUT2D eigenvalue weighted by molar-refractivity contribution is 0.669. The van der Waals surface area contributed by atoms with E-state index in [1.807, 2.05) is 53.8 Å². The summed E-state index contributed by atoms with van der Waals surface area (Å²) in [6, 6.07) is 65.8. The summed E-state index contributed by atoms with van der Waals surface area (Å²) < 4.78 is 9.11. The van der Waals surface area contributed by atoms with Crippen LogP contribution in [-0.4, -0.2) is 15.0 Å². The molecular formula is C51H31N3OS. The standard InChI is InChI=1S/C51H31N3OS/c1-3-11-32(12-4-1)33-21-23-35(24-22-33)50-52-49(34-13-5-2-6-14-34)53-51(54-50)39-25-27-41-43-30-37(26-28-44(43)55-45(41)31-39)36-15-9-16-38(29-36)40-18-10-20-47-48(40)42-17-7-8-19-46(42)56-47/h1-31H. The average Bonchev–Trinajstić information content (AvgIpc) is 3.85. The molecule has 0 aliphatic rings. The van der Waals surface area contributed by atoms with E-state index in [1.165, 1.54) is 36.9 Å². The minimum Gasteiger partial charge on any atom is -0.456 e. The number of fused-ring (bicyclic) bond motifs is 6. The highest BCUT2D eigenvalue weighted by molar-refractivity contribution is 7.25. The molecule has 0 unspecified atom stereocenters. The van der Waals surface area contributed by atoms with Crippen LogP contribution in [-0.2, 0) is 0 Å². The van der Waals surface area contributed by atoms with Gasteiger partial charge in [-0.2, -0.15) is 0 Å². The zero-order valence-electron chi connectivity index (χ0n) is 30.1. The van der Waals surface area contributed by atoms with Gasteiger partial charge in [0.15, 0.2) is 17.5 Å². The van der Waals surface area contributed by atoms with Crippen molar-refractivity contribution >= 4 is 53.4 Å². The van der Waals surface area contributed by atoms with Crippen LogP contribution in [0.4, 0.5) is 0 Å². The molecule has 0 saturated carbocycles. The molecule has 0 saturated heterocycles. The quantitative estimate of drug-likeness (QED) is 0.171. The summed E-state index contributed by atoms with van der Waals surface area (Å²) >= 11 is 1.85. The smallest absolute Gasteiger partial charge is 0.164 e. The van der Waals surface area contributed by atoms with E-state index in [2.05, 4.69) is 146 Å². The number of thiophene rings is 1. The maximum absolute atomic E-state index is 6.49. The van der Waals surface area contributed by atoms with Crippen LogP contribution in [0.3, 0.4) is 0 Å². The lowest BCUT2D eigenvalue weighted by atomic mass is 9.95. The van der Waals surface area contributed by atoms with Gasteiger partial charge in [-0.1, -0.05) is 146 Å². The molecule has 0 atom stereocenters. The zero-order valence-corrected chi connectivity index (χ0v) is 30.9. The third-order valence-electron chi connectivity index (χ3n) is 10.6. The first-order valence-electron chi connectivity index (χ1n) is 18.7. The first-order chi connectivity index (χ1) is 27.7. The molecule has 4 nitrogen and oxygen atoms in total.